The highest BCUT2D eigenvalue weighted by atomic mass is 32.1. The number of amides is 2. The van der Waals surface area contributed by atoms with Crippen LogP contribution >= 0.6 is 22.7 Å². The van der Waals surface area contributed by atoms with Gasteiger partial charge in [-0.15, -0.1) is 22.7 Å². The minimum atomic E-state index is -0.642. The number of nitrogens with zero attached hydrogens (tertiary/aromatic N) is 2. The van der Waals surface area contributed by atoms with Crippen molar-refractivity contribution in [3.63, 3.8) is 0 Å². The van der Waals surface area contributed by atoms with E-state index in [9.17, 15) is 19.2 Å². The van der Waals surface area contributed by atoms with Gasteiger partial charge in [-0.1, -0.05) is 0 Å². The summed E-state index contributed by atoms with van der Waals surface area (Å²) in [7, 11) is 1.48. The zero-order valence-electron chi connectivity index (χ0n) is 18.0. The fraction of sp³-hybridized carbons (Fsp3) is 0.286. The van der Waals surface area contributed by atoms with Crippen LogP contribution in [0.5, 0.6) is 0 Å². The summed E-state index contributed by atoms with van der Waals surface area (Å²) in [5, 5.41) is 9.61. The molecule has 0 radical (unpaired) electrons. The number of aryl methyl sites for hydroxylation is 1. The van der Waals surface area contributed by atoms with Crippen LogP contribution in [0.25, 0.3) is 10.6 Å². The number of aromatic nitrogens is 2. The zero-order chi connectivity index (χ0) is 23.4. The number of nitrogens with one attached hydrogen (secondary N) is 2. The SMILES string of the molecule is CCOC(=O)c1c(NC(=O)Cn2nc(-c3ccc(C)s3)ccc2=O)sc(C(=O)NC)c1C. The summed E-state index contributed by atoms with van der Waals surface area (Å²) in [5.41, 5.74) is 0.674. The summed E-state index contributed by atoms with van der Waals surface area (Å²) < 4.78 is 6.14. The molecule has 32 heavy (non-hydrogen) atoms. The molecule has 0 unspecified atom stereocenters. The molecule has 0 aromatic carbocycles. The lowest BCUT2D eigenvalue weighted by Crippen LogP contribution is -2.29. The first kappa shape index (κ1) is 23.4. The second-order valence-corrected chi connectivity index (χ2v) is 9.04. The van der Waals surface area contributed by atoms with Crippen LogP contribution in [0.2, 0.25) is 0 Å². The van der Waals surface area contributed by atoms with E-state index in [0.717, 1.165) is 25.8 Å². The minimum Gasteiger partial charge on any atom is -0.462 e. The number of esters is 1. The van der Waals surface area contributed by atoms with Crippen LogP contribution in [0.15, 0.2) is 29.1 Å². The number of rotatable bonds is 7. The highest BCUT2D eigenvalue weighted by Crippen LogP contribution is 2.34. The fourth-order valence-electron chi connectivity index (χ4n) is 2.95. The van der Waals surface area contributed by atoms with Crippen LogP contribution < -0.4 is 16.2 Å². The molecule has 3 aromatic rings. The number of hydrogen-bond donors (Lipinski definition) is 2. The lowest BCUT2D eigenvalue weighted by Gasteiger charge is -2.08. The summed E-state index contributed by atoms with van der Waals surface area (Å²) in [5.74, 6) is -1.58. The lowest BCUT2D eigenvalue weighted by molar-refractivity contribution is -0.117. The van der Waals surface area contributed by atoms with E-state index < -0.39 is 17.4 Å². The van der Waals surface area contributed by atoms with Crippen LogP contribution in [-0.4, -0.2) is 41.2 Å². The van der Waals surface area contributed by atoms with Gasteiger partial charge in [0.15, 0.2) is 0 Å². The topological polar surface area (TPSA) is 119 Å². The molecule has 3 aromatic heterocycles. The largest absolute Gasteiger partial charge is 0.462 e. The number of anilines is 1. The van der Waals surface area contributed by atoms with Gasteiger partial charge >= 0.3 is 5.97 Å². The van der Waals surface area contributed by atoms with Gasteiger partial charge < -0.3 is 15.4 Å². The molecule has 3 rings (SSSR count). The first-order valence-electron chi connectivity index (χ1n) is 9.72. The molecule has 0 aliphatic heterocycles. The van der Waals surface area contributed by atoms with E-state index in [2.05, 4.69) is 15.7 Å². The van der Waals surface area contributed by atoms with Crippen molar-refractivity contribution >= 4 is 45.5 Å². The average molecular weight is 475 g/mol. The van der Waals surface area contributed by atoms with Crippen molar-refractivity contribution in [1.29, 1.82) is 0 Å². The second-order valence-electron chi connectivity index (χ2n) is 6.73. The van der Waals surface area contributed by atoms with Crippen molar-refractivity contribution in [1.82, 2.24) is 15.1 Å². The van der Waals surface area contributed by atoms with Gasteiger partial charge in [0, 0.05) is 18.0 Å². The van der Waals surface area contributed by atoms with Crippen molar-refractivity contribution in [3.8, 4) is 10.6 Å². The standard InChI is InChI=1S/C21H22N4O5S2/c1-5-30-21(29)17-12(3)18(19(28)22-4)32-20(17)23-15(26)10-25-16(27)9-7-13(24-25)14-8-6-11(2)31-14/h6-9H,5,10H2,1-4H3,(H,22,28)(H,23,26). The third kappa shape index (κ3) is 4.94. The number of carbonyl (C=O) groups is 3. The first-order valence-corrected chi connectivity index (χ1v) is 11.4. The fourth-order valence-corrected chi connectivity index (χ4v) is 4.94. The first-order chi connectivity index (χ1) is 15.2. The minimum absolute atomic E-state index is 0.118. The van der Waals surface area contributed by atoms with Gasteiger partial charge in [-0.25, -0.2) is 9.48 Å². The molecule has 9 nitrogen and oxygen atoms in total. The summed E-state index contributed by atoms with van der Waals surface area (Å²) in [6, 6.07) is 6.81. The van der Waals surface area contributed by atoms with Crippen LogP contribution in [0, 0.1) is 13.8 Å². The molecule has 0 atom stereocenters. The van der Waals surface area contributed by atoms with Gasteiger partial charge in [-0.2, -0.15) is 5.10 Å². The predicted molar refractivity (Wildman–Crippen MR) is 124 cm³/mol. The molecular formula is C21H22N4O5S2. The van der Waals surface area contributed by atoms with Crippen LogP contribution in [0.4, 0.5) is 5.00 Å². The number of hydrogen-bond acceptors (Lipinski definition) is 8. The zero-order valence-corrected chi connectivity index (χ0v) is 19.6. The van der Waals surface area contributed by atoms with Gasteiger partial charge in [0.05, 0.1) is 21.9 Å². The Kier molecular flexibility index (Phi) is 7.21. The summed E-state index contributed by atoms with van der Waals surface area (Å²) >= 11 is 2.50. The van der Waals surface area contributed by atoms with E-state index in [1.165, 1.54) is 24.5 Å². The normalized spacial score (nSPS) is 10.6. The molecule has 11 heteroatoms. The Balaban J connectivity index is 1.88. The molecule has 2 amide bonds. The van der Waals surface area contributed by atoms with Crippen molar-refractivity contribution < 1.29 is 19.1 Å². The highest BCUT2D eigenvalue weighted by molar-refractivity contribution is 7.18. The molecule has 0 saturated carbocycles. The van der Waals surface area contributed by atoms with Gasteiger partial charge in [-0.3, -0.25) is 14.4 Å². The summed E-state index contributed by atoms with van der Waals surface area (Å²) in [4.78, 5) is 51.8. The van der Waals surface area contributed by atoms with Gasteiger partial charge in [0.1, 0.15) is 17.2 Å². The van der Waals surface area contributed by atoms with Crippen molar-refractivity contribution in [2.45, 2.75) is 27.3 Å². The molecular weight excluding hydrogens is 452 g/mol. The van der Waals surface area contributed by atoms with Gasteiger partial charge in [-0.05, 0) is 44.5 Å². The van der Waals surface area contributed by atoms with Gasteiger partial charge in [0.2, 0.25) is 5.91 Å². The number of thiophene rings is 2. The molecule has 0 spiro atoms. The smallest absolute Gasteiger partial charge is 0.341 e. The van der Waals surface area contributed by atoms with Crippen LogP contribution in [0.1, 0.15) is 37.4 Å². The highest BCUT2D eigenvalue weighted by Gasteiger charge is 2.26. The van der Waals surface area contributed by atoms with Crippen LogP contribution in [0.3, 0.4) is 0 Å². The Morgan fingerprint density at radius 1 is 1.12 bits per heavy atom. The van der Waals surface area contributed by atoms with E-state index >= 15 is 0 Å². The molecule has 2 N–H and O–H groups in total. The monoisotopic (exact) mass is 474 g/mol. The predicted octanol–water partition coefficient (Wildman–Crippen LogP) is 2.83. The maximum absolute atomic E-state index is 12.7. The summed E-state index contributed by atoms with van der Waals surface area (Å²) in [6.45, 7) is 5.03. The molecule has 0 aliphatic carbocycles. The van der Waals surface area contributed by atoms with Crippen molar-refractivity contribution in [2.75, 3.05) is 19.0 Å². The molecule has 0 bridgehead atoms. The van der Waals surface area contributed by atoms with Crippen LogP contribution in [-0.2, 0) is 16.1 Å². The Bertz CT molecular complexity index is 1240. The van der Waals surface area contributed by atoms with E-state index in [-0.39, 0.29) is 34.5 Å². The molecule has 0 saturated heterocycles. The van der Waals surface area contributed by atoms with E-state index in [0.29, 0.717) is 11.3 Å². The number of carbonyl (C=O) groups excluding carboxylic acids is 3. The van der Waals surface area contributed by atoms with E-state index in [1.807, 2.05) is 19.1 Å². The third-order valence-electron chi connectivity index (χ3n) is 4.47. The van der Waals surface area contributed by atoms with E-state index in [4.69, 9.17) is 4.74 Å². The molecule has 0 fully saturated rings. The maximum Gasteiger partial charge on any atom is 0.341 e. The molecule has 0 aliphatic rings. The maximum atomic E-state index is 12.7. The Hall–Kier alpha value is -3.31. The second kappa shape index (κ2) is 9.88. The lowest BCUT2D eigenvalue weighted by atomic mass is 10.1. The summed E-state index contributed by atoms with van der Waals surface area (Å²) in [6.07, 6.45) is 0. The number of ether oxygens (including phenoxy) is 1. The Labute approximate surface area is 192 Å². The third-order valence-corrected chi connectivity index (χ3v) is 6.69. The Morgan fingerprint density at radius 2 is 1.88 bits per heavy atom. The molecule has 168 valence electrons. The quantitative estimate of drug-likeness (QED) is 0.508. The van der Waals surface area contributed by atoms with Crippen molar-refractivity contribution in [3.05, 3.63) is 55.5 Å². The average Bonchev–Trinajstić information content (AvgIpc) is 3.32. The van der Waals surface area contributed by atoms with Crippen molar-refractivity contribution in [2.24, 2.45) is 0 Å². The Morgan fingerprint density at radius 3 is 2.50 bits per heavy atom. The van der Waals surface area contributed by atoms with Gasteiger partial charge in [0.25, 0.3) is 11.5 Å². The molecule has 3 heterocycles. The van der Waals surface area contributed by atoms with E-state index in [1.54, 1.807) is 19.9 Å².